The number of anilines is 1. The predicted molar refractivity (Wildman–Crippen MR) is 133 cm³/mol. The van der Waals surface area contributed by atoms with Crippen LogP contribution in [0, 0.1) is 19.8 Å². The molecule has 0 aromatic heterocycles. The predicted octanol–water partition coefficient (Wildman–Crippen LogP) is 4.34. The molecule has 1 amide bonds. The first kappa shape index (κ1) is 22.2. The minimum Gasteiger partial charge on any atom is -0.373 e. The van der Waals surface area contributed by atoms with E-state index in [0.29, 0.717) is 36.4 Å². The molecule has 1 saturated heterocycles. The molecule has 2 aromatic rings. The van der Waals surface area contributed by atoms with Crippen LogP contribution in [0.25, 0.3) is 0 Å². The average molecular weight is 456 g/mol. The van der Waals surface area contributed by atoms with Crippen LogP contribution >= 0.6 is 0 Å². The number of fused-ring (bicyclic) bond motifs is 3. The monoisotopic (exact) mass is 455 g/mol. The highest BCUT2D eigenvalue weighted by molar-refractivity contribution is 6.06. The summed E-state index contributed by atoms with van der Waals surface area (Å²) < 4.78 is 5.65. The van der Waals surface area contributed by atoms with Gasteiger partial charge in [0.1, 0.15) is 0 Å². The van der Waals surface area contributed by atoms with Gasteiger partial charge in [-0.1, -0.05) is 30.4 Å². The smallest absolute Gasteiger partial charge is 0.255 e. The highest BCUT2D eigenvalue weighted by Crippen LogP contribution is 2.35. The third-order valence-corrected chi connectivity index (χ3v) is 6.83. The topological polar surface area (TPSA) is 70.7 Å². The molecule has 0 spiro atoms. The highest BCUT2D eigenvalue weighted by Gasteiger charge is 2.39. The van der Waals surface area contributed by atoms with Gasteiger partial charge in [0.05, 0.1) is 30.9 Å². The van der Waals surface area contributed by atoms with Gasteiger partial charge < -0.3 is 20.3 Å². The number of nitrogens with zero attached hydrogens (tertiary/aromatic N) is 1. The maximum atomic E-state index is 13.8. The van der Waals surface area contributed by atoms with Crippen molar-refractivity contribution in [3.8, 4) is 0 Å². The van der Waals surface area contributed by atoms with Crippen molar-refractivity contribution >= 4 is 17.4 Å². The van der Waals surface area contributed by atoms with E-state index >= 15 is 0 Å². The van der Waals surface area contributed by atoms with Crippen LogP contribution in [0.15, 0.2) is 78.3 Å². The zero-order valence-corrected chi connectivity index (χ0v) is 19.5. The molecule has 1 fully saturated rings. The molecule has 2 unspecified atom stereocenters. The largest absolute Gasteiger partial charge is 0.373 e. The molecule has 0 radical (unpaired) electrons. The maximum Gasteiger partial charge on any atom is 0.255 e. The second kappa shape index (κ2) is 9.31. The molecule has 2 atom stereocenters. The SMILES string of the molecule is Cc1ccccc1C(=O)Nc1ccc(C(=O)C2CC=CC3=CNC=C4COCCN4C32)c(C)c1. The summed E-state index contributed by atoms with van der Waals surface area (Å²) in [5, 5.41) is 6.22. The van der Waals surface area contributed by atoms with Gasteiger partial charge in [-0.3, -0.25) is 9.59 Å². The molecular formula is C28H29N3O3. The molecule has 2 aromatic carbocycles. The summed E-state index contributed by atoms with van der Waals surface area (Å²) in [6, 6.07) is 13.0. The van der Waals surface area contributed by atoms with E-state index in [-0.39, 0.29) is 23.7 Å². The Balaban J connectivity index is 1.39. The summed E-state index contributed by atoms with van der Waals surface area (Å²) in [6.45, 7) is 5.81. The Hall–Kier alpha value is -3.64. The van der Waals surface area contributed by atoms with Gasteiger partial charge in [0.25, 0.3) is 5.91 Å². The van der Waals surface area contributed by atoms with Crippen molar-refractivity contribution in [2.45, 2.75) is 26.3 Å². The number of rotatable bonds is 4. The van der Waals surface area contributed by atoms with Crippen LogP contribution in [0.5, 0.6) is 0 Å². The van der Waals surface area contributed by atoms with Crippen molar-refractivity contribution in [1.29, 1.82) is 0 Å². The van der Waals surface area contributed by atoms with Crippen molar-refractivity contribution in [1.82, 2.24) is 10.2 Å². The number of aryl methyl sites for hydroxylation is 2. The van der Waals surface area contributed by atoms with Gasteiger partial charge in [-0.2, -0.15) is 0 Å². The summed E-state index contributed by atoms with van der Waals surface area (Å²) in [5.41, 5.74) is 5.99. The van der Waals surface area contributed by atoms with Crippen molar-refractivity contribution < 1.29 is 14.3 Å². The highest BCUT2D eigenvalue weighted by atomic mass is 16.5. The van der Waals surface area contributed by atoms with Gasteiger partial charge >= 0.3 is 0 Å². The van der Waals surface area contributed by atoms with Gasteiger partial charge in [0, 0.05) is 35.8 Å². The summed E-state index contributed by atoms with van der Waals surface area (Å²) in [6.07, 6.45) is 8.85. The number of hydrogen-bond donors (Lipinski definition) is 2. The summed E-state index contributed by atoms with van der Waals surface area (Å²) in [4.78, 5) is 28.8. The van der Waals surface area contributed by atoms with Crippen molar-refractivity contribution in [2.24, 2.45) is 5.92 Å². The van der Waals surface area contributed by atoms with E-state index in [4.69, 9.17) is 4.74 Å². The molecule has 0 saturated carbocycles. The van der Waals surface area contributed by atoms with Crippen LogP contribution < -0.4 is 10.6 Å². The zero-order valence-electron chi connectivity index (χ0n) is 19.5. The molecule has 2 heterocycles. The fraction of sp³-hybridized carbons (Fsp3) is 0.286. The number of benzene rings is 2. The van der Waals surface area contributed by atoms with Crippen molar-refractivity contribution in [3.63, 3.8) is 0 Å². The number of nitrogens with one attached hydrogen (secondary N) is 2. The molecule has 1 aliphatic carbocycles. The Labute approximate surface area is 200 Å². The number of hydrogen-bond acceptors (Lipinski definition) is 5. The normalized spacial score (nSPS) is 21.3. The minimum absolute atomic E-state index is 0.0255. The maximum absolute atomic E-state index is 13.8. The Kier molecular flexibility index (Phi) is 6.07. The van der Waals surface area contributed by atoms with Crippen LogP contribution in [-0.2, 0) is 4.74 Å². The first-order chi connectivity index (χ1) is 16.5. The van der Waals surface area contributed by atoms with Crippen molar-refractivity contribution in [2.75, 3.05) is 25.1 Å². The number of amides is 1. The minimum atomic E-state index is -0.191. The average Bonchev–Trinajstić information content (AvgIpc) is 3.03. The Morgan fingerprint density at radius 3 is 2.74 bits per heavy atom. The van der Waals surface area contributed by atoms with E-state index in [9.17, 15) is 9.59 Å². The number of carbonyl (C=O) groups excluding carboxylic acids is 2. The molecule has 5 rings (SSSR count). The van der Waals surface area contributed by atoms with Crippen LogP contribution in [0.4, 0.5) is 5.69 Å². The van der Waals surface area contributed by atoms with Gasteiger partial charge in [0.15, 0.2) is 5.78 Å². The summed E-state index contributed by atoms with van der Waals surface area (Å²) in [7, 11) is 0. The molecule has 6 nitrogen and oxygen atoms in total. The molecule has 6 heteroatoms. The van der Waals surface area contributed by atoms with Crippen LogP contribution in [0.2, 0.25) is 0 Å². The van der Waals surface area contributed by atoms with E-state index < -0.39 is 0 Å². The fourth-order valence-corrected chi connectivity index (χ4v) is 5.08. The quantitative estimate of drug-likeness (QED) is 0.671. The first-order valence-corrected chi connectivity index (χ1v) is 11.7. The molecule has 174 valence electrons. The van der Waals surface area contributed by atoms with Crippen molar-refractivity contribution in [3.05, 3.63) is 101 Å². The first-order valence-electron chi connectivity index (χ1n) is 11.7. The number of ether oxygens (including phenoxy) is 1. The van der Waals surface area contributed by atoms with Gasteiger partial charge in [-0.25, -0.2) is 0 Å². The van der Waals surface area contributed by atoms with E-state index in [1.165, 1.54) is 0 Å². The van der Waals surface area contributed by atoms with Crippen LogP contribution in [0.1, 0.15) is 38.3 Å². The number of Topliss-reactive ketones (excluding diaryl/α,β-unsaturated/α-hetero) is 1. The second-order valence-corrected chi connectivity index (χ2v) is 9.05. The fourth-order valence-electron chi connectivity index (χ4n) is 5.08. The standard InChI is InChI=1S/C28H29N3O3/c1-18-6-3-4-8-24(18)28(33)30-21-10-11-23(19(2)14-21)27(32)25-9-5-7-20-15-29-16-22-17-34-13-12-31(22)26(20)25/h3-8,10-11,14-16,25-26,29H,9,12-13,17H2,1-2H3,(H,30,33). The number of ketones is 1. The van der Waals surface area contributed by atoms with Crippen LogP contribution in [0.3, 0.4) is 0 Å². The molecule has 3 aliphatic rings. The lowest BCUT2D eigenvalue weighted by Crippen LogP contribution is -2.48. The zero-order chi connectivity index (χ0) is 23.7. The molecule has 0 bridgehead atoms. The third-order valence-electron chi connectivity index (χ3n) is 6.83. The Morgan fingerprint density at radius 1 is 1.06 bits per heavy atom. The van der Waals surface area contributed by atoms with Crippen LogP contribution in [-0.4, -0.2) is 42.4 Å². The van der Waals surface area contributed by atoms with E-state index in [2.05, 4.69) is 27.7 Å². The third kappa shape index (κ3) is 4.17. The van der Waals surface area contributed by atoms with Gasteiger partial charge in [0.2, 0.25) is 0 Å². The lowest BCUT2D eigenvalue weighted by Gasteiger charge is -2.42. The number of morpholine rings is 1. The van der Waals surface area contributed by atoms with Gasteiger partial charge in [-0.05, 0) is 61.2 Å². The summed E-state index contributed by atoms with van der Waals surface area (Å²) in [5.74, 6) is -0.215. The Morgan fingerprint density at radius 2 is 1.91 bits per heavy atom. The van der Waals surface area contributed by atoms with E-state index in [1.807, 2.05) is 68.7 Å². The lowest BCUT2D eigenvalue weighted by molar-refractivity contribution is 0.0455. The molecule has 34 heavy (non-hydrogen) atoms. The number of carbonyl (C=O) groups is 2. The molecule has 2 aliphatic heterocycles. The van der Waals surface area contributed by atoms with E-state index in [1.54, 1.807) is 0 Å². The molecular weight excluding hydrogens is 426 g/mol. The summed E-state index contributed by atoms with van der Waals surface area (Å²) >= 11 is 0. The van der Waals surface area contributed by atoms with Gasteiger partial charge in [-0.15, -0.1) is 0 Å². The number of allylic oxidation sites excluding steroid dienone is 1. The molecule has 2 N–H and O–H groups in total. The lowest BCUT2D eigenvalue weighted by atomic mass is 9.79. The second-order valence-electron chi connectivity index (χ2n) is 9.05. The Bertz CT molecular complexity index is 1230. The van der Waals surface area contributed by atoms with E-state index in [0.717, 1.165) is 28.9 Å².